The Morgan fingerprint density at radius 1 is 1.28 bits per heavy atom. The van der Waals surface area contributed by atoms with E-state index in [1.165, 1.54) is 18.4 Å². The Morgan fingerprint density at radius 2 is 2.10 bits per heavy atom. The minimum absolute atomic E-state index is 0.0796. The molecule has 1 saturated carbocycles. The van der Waals surface area contributed by atoms with Gasteiger partial charge in [-0.3, -0.25) is 0 Å². The van der Waals surface area contributed by atoms with Gasteiger partial charge >= 0.3 is 6.09 Å². The van der Waals surface area contributed by atoms with Crippen LogP contribution in [0.5, 0.6) is 0 Å². The van der Waals surface area contributed by atoms with Gasteiger partial charge in [0.25, 0.3) is 0 Å². The SMILES string of the molecule is CCOC(=O)N1CCCC2CC(N3CCC4(CC3)CNc3ccc(F)cc34)CC21. The van der Waals surface area contributed by atoms with Crippen LogP contribution in [0.3, 0.4) is 0 Å². The number of fused-ring (bicyclic) bond motifs is 3. The maximum atomic E-state index is 13.9. The zero-order valence-electron chi connectivity index (χ0n) is 17.3. The van der Waals surface area contributed by atoms with Crippen molar-refractivity contribution >= 4 is 11.8 Å². The average molecular weight is 402 g/mol. The van der Waals surface area contributed by atoms with Gasteiger partial charge in [-0.1, -0.05) is 0 Å². The van der Waals surface area contributed by atoms with Gasteiger partial charge in [0, 0.05) is 36.3 Å². The second kappa shape index (κ2) is 7.46. The maximum Gasteiger partial charge on any atom is 0.410 e. The number of nitrogens with zero attached hydrogens (tertiary/aromatic N) is 2. The van der Waals surface area contributed by atoms with Gasteiger partial charge < -0.3 is 19.9 Å². The summed E-state index contributed by atoms with van der Waals surface area (Å²) in [6.07, 6.45) is 6.59. The van der Waals surface area contributed by atoms with Crippen LogP contribution in [-0.2, 0) is 10.2 Å². The van der Waals surface area contributed by atoms with Crippen LogP contribution in [0.4, 0.5) is 14.9 Å². The van der Waals surface area contributed by atoms with Gasteiger partial charge in [0.2, 0.25) is 0 Å². The molecule has 1 aliphatic carbocycles. The lowest BCUT2D eigenvalue weighted by atomic mass is 9.74. The number of hydrogen-bond acceptors (Lipinski definition) is 4. The molecule has 4 aliphatic rings. The number of nitrogens with one attached hydrogen (secondary N) is 1. The number of anilines is 1. The van der Waals surface area contributed by atoms with E-state index in [1.54, 1.807) is 12.1 Å². The smallest absolute Gasteiger partial charge is 0.410 e. The van der Waals surface area contributed by atoms with Crippen LogP contribution < -0.4 is 5.32 Å². The lowest BCUT2D eigenvalue weighted by Crippen LogP contribution is -2.48. The summed E-state index contributed by atoms with van der Waals surface area (Å²) >= 11 is 0. The number of hydrogen-bond donors (Lipinski definition) is 1. The third kappa shape index (κ3) is 3.29. The van der Waals surface area contributed by atoms with E-state index in [4.69, 9.17) is 4.74 Å². The number of likely N-dealkylation sites (tertiary alicyclic amines) is 2. The van der Waals surface area contributed by atoms with Crippen LogP contribution in [0.25, 0.3) is 0 Å². The van der Waals surface area contributed by atoms with E-state index in [0.29, 0.717) is 24.6 Å². The van der Waals surface area contributed by atoms with Gasteiger partial charge in [-0.2, -0.15) is 0 Å². The number of piperidine rings is 2. The Morgan fingerprint density at radius 3 is 2.90 bits per heavy atom. The molecule has 29 heavy (non-hydrogen) atoms. The Kier molecular flexibility index (Phi) is 4.93. The summed E-state index contributed by atoms with van der Waals surface area (Å²) in [7, 11) is 0. The molecule has 5 nitrogen and oxygen atoms in total. The second-order valence-electron chi connectivity index (χ2n) is 9.35. The molecule has 3 aliphatic heterocycles. The van der Waals surface area contributed by atoms with Crippen molar-refractivity contribution in [2.24, 2.45) is 5.92 Å². The lowest BCUT2D eigenvalue weighted by molar-refractivity contribution is 0.0634. The van der Waals surface area contributed by atoms with Gasteiger partial charge in [-0.25, -0.2) is 9.18 Å². The second-order valence-corrected chi connectivity index (χ2v) is 9.35. The van der Waals surface area contributed by atoms with Crippen molar-refractivity contribution in [1.82, 2.24) is 9.80 Å². The van der Waals surface area contributed by atoms with Gasteiger partial charge in [0.15, 0.2) is 0 Å². The predicted molar refractivity (Wildman–Crippen MR) is 111 cm³/mol. The van der Waals surface area contributed by atoms with E-state index in [2.05, 4.69) is 10.2 Å². The van der Waals surface area contributed by atoms with Crippen molar-refractivity contribution in [2.45, 2.75) is 62.9 Å². The molecule has 1 amide bonds. The summed E-state index contributed by atoms with van der Waals surface area (Å²) in [4.78, 5) is 17.0. The highest BCUT2D eigenvalue weighted by Crippen LogP contribution is 2.46. The van der Waals surface area contributed by atoms with Crippen molar-refractivity contribution < 1.29 is 13.9 Å². The summed E-state index contributed by atoms with van der Waals surface area (Å²) in [5.74, 6) is 0.477. The fourth-order valence-corrected chi connectivity index (χ4v) is 6.42. The topological polar surface area (TPSA) is 44.8 Å². The predicted octanol–water partition coefficient (Wildman–Crippen LogP) is 3.98. The van der Waals surface area contributed by atoms with Gasteiger partial charge in [0.05, 0.1) is 6.61 Å². The van der Waals surface area contributed by atoms with Gasteiger partial charge in [0.1, 0.15) is 5.82 Å². The van der Waals surface area contributed by atoms with Gasteiger partial charge in [-0.05, 0) is 88.2 Å². The van der Waals surface area contributed by atoms with E-state index in [9.17, 15) is 9.18 Å². The van der Waals surface area contributed by atoms with Gasteiger partial charge in [-0.15, -0.1) is 0 Å². The number of ether oxygens (including phenoxy) is 1. The third-order valence-corrected chi connectivity index (χ3v) is 7.95. The van der Waals surface area contributed by atoms with Crippen LogP contribution in [-0.4, -0.2) is 60.8 Å². The standard InChI is InChI=1S/C23H32FN3O2/c1-2-29-22(28)27-9-3-4-16-12-18(14-21(16)27)26-10-7-23(8-11-26)15-25-20-6-5-17(24)13-19(20)23/h5-6,13,16,18,21,25H,2-4,7-12,14-15H2,1H3. The van der Waals surface area contributed by atoms with Crippen molar-refractivity contribution in [1.29, 1.82) is 0 Å². The molecule has 3 atom stereocenters. The minimum atomic E-state index is -0.131. The summed E-state index contributed by atoms with van der Waals surface area (Å²) < 4.78 is 19.2. The number of benzene rings is 1. The van der Waals surface area contributed by atoms with Crippen LogP contribution in [0.15, 0.2) is 18.2 Å². The van der Waals surface area contributed by atoms with Crippen molar-refractivity contribution in [2.75, 3.05) is 38.1 Å². The largest absolute Gasteiger partial charge is 0.450 e. The summed E-state index contributed by atoms with van der Waals surface area (Å²) in [5.41, 5.74) is 2.36. The first-order valence-corrected chi connectivity index (χ1v) is 11.3. The first kappa shape index (κ1) is 19.2. The quantitative estimate of drug-likeness (QED) is 0.814. The van der Waals surface area contributed by atoms with E-state index in [1.807, 2.05) is 17.9 Å². The molecular weight excluding hydrogens is 369 g/mol. The fourth-order valence-electron chi connectivity index (χ4n) is 6.42. The molecule has 0 radical (unpaired) electrons. The van der Waals surface area contributed by atoms with E-state index in [-0.39, 0.29) is 17.3 Å². The van der Waals surface area contributed by atoms with Crippen LogP contribution in [0, 0.1) is 11.7 Å². The third-order valence-electron chi connectivity index (χ3n) is 7.95. The molecule has 3 unspecified atom stereocenters. The first-order chi connectivity index (χ1) is 14.1. The minimum Gasteiger partial charge on any atom is -0.450 e. The molecule has 0 aromatic heterocycles. The highest BCUT2D eigenvalue weighted by Gasteiger charge is 2.47. The van der Waals surface area contributed by atoms with E-state index in [0.717, 1.165) is 57.5 Å². The lowest BCUT2D eigenvalue weighted by Gasteiger charge is -2.42. The number of carbonyl (C=O) groups is 1. The summed E-state index contributed by atoms with van der Waals surface area (Å²) in [6.45, 7) is 6.20. The molecule has 5 rings (SSSR count). The van der Waals surface area contributed by atoms with Crippen molar-refractivity contribution in [3.05, 3.63) is 29.6 Å². The zero-order chi connectivity index (χ0) is 20.0. The fraction of sp³-hybridized carbons (Fsp3) is 0.696. The molecule has 3 heterocycles. The van der Waals surface area contributed by atoms with Crippen molar-refractivity contribution in [3.8, 4) is 0 Å². The first-order valence-electron chi connectivity index (χ1n) is 11.3. The molecule has 1 aromatic carbocycles. The number of rotatable bonds is 2. The maximum absolute atomic E-state index is 13.9. The van der Waals surface area contributed by atoms with E-state index < -0.39 is 0 Å². The van der Waals surface area contributed by atoms with Crippen LogP contribution >= 0.6 is 0 Å². The summed E-state index contributed by atoms with van der Waals surface area (Å²) in [6, 6.07) is 6.07. The molecule has 1 aromatic rings. The number of carbonyl (C=O) groups excluding carboxylic acids is 1. The molecule has 0 bridgehead atoms. The normalized spacial score (nSPS) is 30.7. The molecular formula is C23H32FN3O2. The molecule has 1 spiro atoms. The van der Waals surface area contributed by atoms with Crippen LogP contribution in [0.1, 0.15) is 51.0 Å². The zero-order valence-corrected chi connectivity index (χ0v) is 17.3. The molecule has 3 fully saturated rings. The molecule has 158 valence electrons. The molecule has 6 heteroatoms. The Bertz CT molecular complexity index is 777. The van der Waals surface area contributed by atoms with E-state index >= 15 is 0 Å². The molecule has 2 saturated heterocycles. The Labute approximate surface area is 172 Å². The number of amides is 1. The number of halogens is 1. The Balaban J connectivity index is 1.25. The van der Waals surface area contributed by atoms with Crippen LogP contribution in [0.2, 0.25) is 0 Å². The monoisotopic (exact) mass is 401 g/mol. The van der Waals surface area contributed by atoms with Crippen molar-refractivity contribution in [3.63, 3.8) is 0 Å². The average Bonchev–Trinajstić information content (AvgIpc) is 3.31. The Hall–Kier alpha value is -1.82. The summed E-state index contributed by atoms with van der Waals surface area (Å²) in [5, 5.41) is 3.50. The highest BCUT2D eigenvalue weighted by molar-refractivity contribution is 5.68. The molecule has 1 N–H and O–H groups in total. The highest BCUT2D eigenvalue weighted by atomic mass is 19.1.